The van der Waals surface area contributed by atoms with Crippen molar-refractivity contribution in [3.8, 4) is 5.75 Å². The number of benzene rings is 4. The predicted molar refractivity (Wildman–Crippen MR) is 299 cm³/mol. The second-order valence-corrected chi connectivity index (χ2v) is 20.6. The molecule has 4 aromatic carbocycles. The van der Waals surface area contributed by atoms with E-state index in [9.17, 15) is 43.2 Å². The van der Waals surface area contributed by atoms with Gasteiger partial charge in [-0.25, -0.2) is 9.59 Å². The number of nitrogens with one attached hydrogen (secondary N) is 6. The molecule has 8 rings (SSSR count). The first-order valence-corrected chi connectivity index (χ1v) is 27.0. The summed E-state index contributed by atoms with van der Waals surface area (Å²) in [6.07, 6.45) is 2.83. The van der Waals surface area contributed by atoms with E-state index in [4.69, 9.17) is 22.1 Å². The van der Waals surface area contributed by atoms with Gasteiger partial charge in [-0.05, 0) is 91.2 Å². The van der Waals surface area contributed by atoms with Gasteiger partial charge in [-0.1, -0.05) is 44.2 Å². The summed E-state index contributed by atoms with van der Waals surface area (Å²) in [5.41, 5.74) is 9.28. The number of ketones is 1. The molecule has 0 bridgehead atoms. The number of hydrogen-bond donors (Lipinski definition) is 7. The second kappa shape index (κ2) is 26.0. The lowest BCUT2D eigenvalue weighted by molar-refractivity contribution is -0.137. The molecule has 0 unspecified atom stereocenters. The van der Waals surface area contributed by atoms with Crippen LogP contribution in [0.25, 0.3) is 21.7 Å². The predicted octanol–water partition coefficient (Wildman–Crippen LogP) is 4.78. The minimum absolute atomic E-state index is 0.0455. The molecule has 0 radical (unpaired) electrons. The molecule has 416 valence electrons. The third kappa shape index (κ3) is 14.1. The molecule has 1 saturated heterocycles. The van der Waals surface area contributed by atoms with Crippen LogP contribution in [0.1, 0.15) is 77.4 Å². The zero-order valence-corrected chi connectivity index (χ0v) is 45.2. The number of piperazine rings is 1. The van der Waals surface area contributed by atoms with E-state index in [0.29, 0.717) is 71.9 Å². The smallest absolute Gasteiger partial charge is 0.409 e. The van der Waals surface area contributed by atoms with Gasteiger partial charge in [0, 0.05) is 129 Å². The summed E-state index contributed by atoms with van der Waals surface area (Å²) in [5, 5.41) is 16.4. The van der Waals surface area contributed by atoms with Crippen LogP contribution in [0.5, 0.6) is 5.75 Å². The number of alkyl halides is 1. The number of amides is 9. The van der Waals surface area contributed by atoms with E-state index in [2.05, 4.69) is 36.5 Å². The number of likely N-dealkylation sites (N-methyl/N-ethyl adjacent to an activating group) is 1. The molecule has 3 aliphatic heterocycles. The number of fused-ring (bicyclic) bond motifs is 4. The number of carbonyl (C=O) groups is 9. The number of imide groups is 1. The molecular formula is C57H66ClN11O10. The molecule has 0 aliphatic carbocycles. The van der Waals surface area contributed by atoms with Crippen LogP contribution in [0, 0.1) is 5.92 Å². The number of hydrogen-bond acceptors (Lipinski definition) is 12. The van der Waals surface area contributed by atoms with Gasteiger partial charge in [0.25, 0.3) is 17.7 Å². The van der Waals surface area contributed by atoms with Crippen molar-refractivity contribution in [3.63, 3.8) is 0 Å². The lowest BCUT2D eigenvalue weighted by Gasteiger charge is -2.31. The first-order chi connectivity index (χ1) is 38.0. The monoisotopic (exact) mass is 1100 g/mol. The van der Waals surface area contributed by atoms with Crippen LogP contribution in [0.15, 0.2) is 91.0 Å². The average molecular weight is 1100 g/mol. The lowest BCUT2D eigenvalue weighted by atomic mass is 9.95. The molecule has 79 heavy (non-hydrogen) atoms. The number of nitrogens with two attached hydrogens (primary N) is 1. The molecule has 4 heterocycles. The quantitative estimate of drug-likeness (QED) is 0.0202. The van der Waals surface area contributed by atoms with Crippen LogP contribution in [0.3, 0.4) is 0 Å². The number of H-pyrrole nitrogens is 1. The normalized spacial score (nSPS) is 16.1. The highest BCUT2D eigenvalue weighted by Gasteiger charge is 2.37. The zero-order chi connectivity index (χ0) is 56.3. The van der Waals surface area contributed by atoms with Gasteiger partial charge in [-0.2, -0.15) is 0 Å². The van der Waals surface area contributed by atoms with Gasteiger partial charge >= 0.3 is 12.1 Å². The van der Waals surface area contributed by atoms with Crippen molar-refractivity contribution in [1.29, 1.82) is 0 Å². The van der Waals surface area contributed by atoms with Crippen molar-refractivity contribution in [3.05, 3.63) is 113 Å². The molecule has 22 heteroatoms. The lowest BCUT2D eigenvalue weighted by Crippen LogP contribution is -2.54. The van der Waals surface area contributed by atoms with Crippen LogP contribution < -0.4 is 42.0 Å². The summed E-state index contributed by atoms with van der Waals surface area (Å²) in [4.78, 5) is 126. The van der Waals surface area contributed by atoms with Crippen molar-refractivity contribution >= 4 is 98.0 Å². The van der Waals surface area contributed by atoms with Crippen molar-refractivity contribution < 1.29 is 47.9 Å². The minimum atomic E-state index is -1.03. The highest BCUT2D eigenvalue weighted by atomic mass is 35.5. The van der Waals surface area contributed by atoms with Crippen molar-refractivity contribution in [2.45, 2.75) is 64.0 Å². The number of aromatic amines is 1. The fraction of sp³-hybridized carbons (Fsp3) is 0.386. The van der Waals surface area contributed by atoms with Gasteiger partial charge in [0.15, 0.2) is 5.78 Å². The van der Waals surface area contributed by atoms with Crippen molar-refractivity contribution in [2.24, 2.45) is 11.7 Å². The molecule has 0 saturated carbocycles. The number of primary amides is 1. The summed E-state index contributed by atoms with van der Waals surface area (Å²) in [6, 6.07) is 20.6. The van der Waals surface area contributed by atoms with Crippen molar-refractivity contribution in [1.82, 2.24) is 41.0 Å². The number of halogens is 1. The van der Waals surface area contributed by atoms with Gasteiger partial charge in [0.1, 0.15) is 17.5 Å². The molecule has 3 atom stereocenters. The summed E-state index contributed by atoms with van der Waals surface area (Å²) < 4.78 is 6.06. The molecule has 5 aromatic rings. The van der Waals surface area contributed by atoms with E-state index in [1.165, 1.54) is 12.2 Å². The largest absolute Gasteiger partial charge is 0.415 e. The molecule has 3 aliphatic rings. The van der Waals surface area contributed by atoms with Crippen molar-refractivity contribution in [2.75, 3.05) is 82.0 Å². The molecule has 9 amide bonds. The van der Waals surface area contributed by atoms with E-state index < -0.39 is 47.8 Å². The topological polar surface area (TPSA) is 278 Å². The Morgan fingerprint density at radius 3 is 2.24 bits per heavy atom. The Morgan fingerprint density at radius 1 is 0.823 bits per heavy atom. The van der Waals surface area contributed by atoms with E-state index >= 15 is 0 Å². The van der Waals surface area contributed by atoms with Crippen LogP contribution in [-0.4, -0.2) is 157 Å². The molecular weight excluding hydrogens is 1030 g/mol. The molecule has 1 fully saturated rings. The number of Topliss-reactive ketones (excluding diaryl/α,β-unsaturated/α-hetero) is 1. The molecule has 8 N–H and O–H groups in total. The number of ether oxygens (including phenoxy) is 1. The summed E-state index contributed by atoms with van der Waals surface area (Å²) in [5.74, 6) is -2.32. The Balaban J connectivity index is 0.871. The van der Waals surface area contributed by atoms with Gasteiger partial charge in [0.05, 0.1) is 11.7 Å². The standard InChI is InChI=1S/C57H66ClN11O10/c1-34(2)52(61-22-21-60-48(71)11-7-23-68-49(72)18-19-50(68)73)54(75)65-43(10-6-20-62-56(59)77)53(74)63-39-15-13-36(14-16-39)46(70)29-35-12-17-42-37(28-35)30-44(64-42)55(76)69-33-38(32-58)51-41-9-5-4-8-40(41)47(31-45(51)69)79-57(78)67-26-24-66(3)25-27-67/h4-5,8-9,12-19,28,30-31,34,38,43,52,61,64H,6-7,10-11,20-27,29,32-33H2,1-3H3,(H,60,71)(H,63,74)(H,65,75)(H3,59,62,77)/t38-,43+,52+/m1/s1. The van der Waals surface area contributed by atoms with Crippen LogP contribution in [-0.2, 0) is 30.4 Å². The highest BCUT2D eigenvalue weighted by Crippen LogP contribution is 2.46. The van der Waals surface area contributed by atoms with E-state index in [1.807, 2.05) is 63.4 Å². The second-order valence-electron chi connectivity index (χ2n) is 20.3. The minimum Gasteiger partial charge on any atom is -0.409 e. The van der Waals surface area contributed by atoms with Crippen LogP contribution >= 0.6 is 11.6 Å². The molecule has 1 aromatic heterocycles. The summed E-state index contributed by atoms with van der Waals surface area (Å²) >= 11 is 6.57. The number of urea groups is 1. The van der Waals surface area contributed by atoms with E-state index in [-0.39, 0.29) is 80.8 Å². The number of anilines is 2. The maximum atomic E-state index is 14.5. The summed E-state index contributed by atoms with van der Waals surface area (Å²) in [7, 11) is 2.01. The Kier molecular flexibility index (Phi) is 18.8. The third-order valence-corrected chi connectivity index (χ3v) is 14.7. The maximum absolute atomic E-state index is 14.5. The van der Waals surface area contributed by atoms with Crippen LogP contribution in [0.4, 0.5) is 21.0 Å². The fourth-order valence-corrected chi connectivity index (χ4v) is 10.3. The van der Waals surface area contributed by atoms with E-state index in [1.54, 1.807) is 46.2 Å². The SMILES string of the molecule is CC(C)[C@H](NCCNC(=O)CCCN1C(=O)C=CC1=O)C(=O)N[C@@H](CCCNC(N)=O)C(=O)Nc1ccc(C(=O)Cc2ccc3[nH]c(C(=O)N4C[C@@H](CCl)c5c4cc(OC(=O)N4CCN(C)CC4)c4ccccc54)cc3c2)cc1. The average Bonchev–Trinajstić information content (AvgIpc) is 4.36. The Bertz CT molecular complexity index is 3150. The molecule has 0 spiro atoms. The fourth-order valence-electron chi connectivity index (χ4n) is 10.0. The number of carbonyl (C=O) groups excluding carboxylic acids is 9. The Hall–Kier alpha value is -8.14. The third-order valence-electron chi connectivity index (χ3n) is 14.3. The Morgan fingerprint density at radius 2 is 1.54 bits per heavy atom. The molecule has 21 nitrogen and oxygen atoms in total. The highest BCUT2D eigenvalue weighted by molar-refractivity contribution is 6.19. The van der Waals surface area contributed by atoms with Gasteiger partial charge < -0.3 is 56.7 Å². The van der Waals surface area contributed by atoms with E-state index in [0.717, 1.165) is 39.7 Å². The first kappa shape index (κ1) is 57.0. The number of rotatable bonds is 23. The Labute approximate surface area is 461 Å². The van der Waals surface area contributed by atoms with Crippen LogP contribution in [0.2, 0.25) is 0 Å². The first-order valence-electron chi connectivity index (χ1n) is 26.5. The number of aromatic nitrogens is 1. The van der Waals surface area contributed by atoms with Gasteiger partial charge in [-0.3, -0.25) is 38.5 Å². The van der Waals surface area contributed by atoms with Gasteiger partial charge in [-0.15, -0.1) is 11.6 Å². The zero-order valence-electron chi connectivity index (χ0n) is 44.4. The summed E-state index contributed by atoms with van der Waals surface area (Å²) in [6.45, 7) is 7.27. The number of nitrogens with zero attached hydrogens (tertiary/aromatic N) is 4. The maximum Gasteiger partial charge on any atom is 0.415 e. The van der Waals surface area contributed by atoms with Gasteiger partial charge in [0.2, 0.25) is 17.7 Å².